The van der Waals surface area contributed by atoms with E-state index in [0.29, 0.717) is 5.75 Å². The summed E-state index contributed by atoms with van der Waals surface area (Å²) >= 11 is 0. The van der Waals surface area contributed by atoms with Crippen LogP contribution in [-0.2, 0) is 6.18 Å². The average Bonchev–Trinajstić information content (AvgIpc) is 2.58. The van der Waals surface area contributed by atoms with Crippen molar-refractivity contribution >= 4 is 24.8 Å². The van der Waals surface area contributed by atoms with Crippen molar-refractivity contribution in [3.05, 3.63) is 29.3 Å². The van der Waals surface area contributed by atoms with Crippen LogP contribution in [0.5, 0.6) is 5.75 Å². The van der Waals surface area contributed by atoms with E-state index in [-0.39, 0.29) is 30.9 Å². The number of rotatable bonds is 7. The topological polar surface area (TPSA) is 24.5 Å². The molecule has 1 heterocycles. The maximum absolute atomic E-state index is 13.0. The molecule has 26 heavy (non-hydrogen) atoms. The second kappa shape index (κ2) is 11.9. The molecule has 1 saturated heterocycles. The maximum atomic E-state index is 13.0. The number of alkyl halides is 3. The first-order valence-corrected chi connectivity index (χ1v) is 8.67. The third-order valence-electron chi connectivity index (χ3n) is 4.59. The monoisotopic (exact) mass is 416 g/mol. The SMILES string of the molecule is CCCCC[C@@H](c1ccc(C(F)(F)F)cc1OC)N1CCNCC1.Cl.Cl. The van der Waals surface area contributed by atoms with Gasteiger partial charge in [-0.15, -0.1) is 24.8 Å². The zero-order valence-electron chi connectivity index (χ0n) is 15.3. The summed E-state index contributed by atoms with van der Waals surface area (Å²) < 4.78 is 44.2. The molecule has 1 fully saturated rings. The van der Waals surface area contributed by atoms with Crippen molar-refractivity contribution < 1.29 is 17.9 Å². The first-order chi connectivity index (χ1) is 11.5. The molecule has 1 atom stereocenters. The number of benzene rings is 1. The largest absolute Gasteiger partial charge is 0.496 e. The molecule has 1 aliphatic heterocycles. The minimum atomic E-state index is -4.35. The molecule has 2 rings (SSSR count). The van der Waals surface area contributed by atoms with Gasteiger partial charge in [0.1, 0.15) is 5.75 Å². The Balaban J connectivity index is 0.00000312. The number of unbranched alkanes of at least 4 members (excludes halogenated alkanes) is 2. The van der Waals surface area contributed by atoms with Gasteiger partial charge in [-0.25, -0.2) is 0 Å². The molecular weight excluding hydrogens is 388 g/mol. The van der Waals surface area contributed by atoms with Crippen molar-refractivity contribution in [2.75, 3.05) is 33.3 Å². The number of ether oxygens (including phenoxy) is 1. The van der Waals surface area contributed by atoms with Crippen LogP contribution in [0.3, 0.4) is 0 Å². The van der Waals surface area contributed by atoms with Crippen LogP contribution in [0, 0.1) is 0 Å². The van der Waals surface area contributed by atoms with Crippen molar-refractivity contribution in [2.24, 2.45) is 0 Å². The van der Waals surface area contributed by atoms with Crippen LogP contribution in [0.25, 0.3) is 0 Å². The summed E-state index contributed by atoms with van der Waals surface area (Å²) in [5.41, 5.74) is 0.208. The van der Waals surface area contributed by atoms with Crippen LogP contribution in [0.2, 0.25) is 0 Å². The minimum Gasteiger partial charge on any atom is -0.496 e. The van der Waals surface area contributed by atoms with E-state index in [0.717, 1.165) is 63.5 Å². The fraction of sp³-hybridized carbons (Fsp3) is 0.667. The zero-order chi connectivity index (χ0) is 17.6. The molecule has 152 valence electrons. The van der Waals surface area contributed by atoms with E-state index in [1.807, 2.05) is 0 Å². The van der Waals surface area contributed by atoms with Crippen LogP contribution in [-0.4, -0.2) is 38.2 Å². The molecule has 1 aromatic rings. The second-order valence-electron chi connectivity index (χ2n) is 6.25. The van der Waals surface area contributed by atoms with E-state index in [4.69, 9.17) is 4.74 Å². The van der Waals surface area contributed by atoms with Crippen molar-refractivity contribution in [1.82, 2.24) is 10.2 Å². The van der Waals surface area contributed by atoms with E-state index in [2.05, 4.69) is 17.1 Å². The third-order valence-corrected chi connectivity index (χ3v) is 4.59. The van der Waals surface area contributed by atoms with Crippen LogP contribution < -0.4 is 10.1 Å². The summed E-state index contributed by atoms with van der Waals surface area (Å²) in [4.78, 5) is 2.36. The number of nitrogens with one attached hydrogen (secondary N) is 1. The number of piperazine rings is 1. The Morgan fingerprint density at radius 2 is 1.81 bits per heavy atom. The molecule has 0 spiro atoms. The first kappa shape index (κ1) is 25.3. The molecule has 1 N–H and O–H groups in total. The standard InChI is InChI=1S/C18H27F3N2O.2ClH/c1-3-4-5-6-16(23-11-9-22-10-12-23)15-8-7-14(18(19,20)21)13-17(15)24-2;;/h7-8,13,16,22H,3-6,9-12H2,1-2H3;2*1H/t16-;;/m0../s1. The van der Waals surface area contributed by atoms with Crippen molar-refractivity contribution in [3.63, 3.8) is 0 Å². The summed E-state index contributed by atoms with van der Waals surface area (Å²) in [5, 5.41) is 3.32. The van der Waals surface area contributed by atoms with Crippen molar-refractivity contribution in [1.29, 1.82) is 0 Å². The van der Waals surface area contributed by atoms with Gasteiger partial charge in [0.2, 0.25) is 0 Å². The van der Waals surface area contributed by atoms with Gasteiger partial charge in [-0.2, -0.15) is 13.2 Å². The van der Waals surface area contributed by atoms with E-state index >= 15 is 0 Å². The summed E-state index contributed by atoms with van der Waals surface area (Å²) in [7, 11) is 1.44. The van der Waals surface area contributed by atoms with E-state index in [9.17, 15) is 13.2 Å². The molecule has 0 saturated carbocycles. The van der Waals surface area contributed by atoms with Gasteiger partial charge in [-0.3, -0.25) is 4.90 Å². The molecule has 0 unspecified atom stereocenters. The lowest BCUT2D eigenvalue weighted by molar-refractivity contribution is -0.137. The molecule has 0 aliphatic carbocycles. The Bertz CT molecular complexity index is 524. The van der Waals surface area contributed by atoms with E-state index in [1.54, 1.807) is 6.07 Å². The third kappa shape index (κ3) is 6.80. The van der Waals surface area contributed by atoms with Crippen molar-refractivity contribution in [3.8, 4) is 5.75 Å². The number of nitrogens with zero attached hydrogens (tertiary/aromatic N) is 1. The Labute approximate surface area is 166 Å². The summed E-state index contributed by atoms with van der Waals surface area (Å²) in [6.45, 7) is 5.78. The van der Waals surface area contributed by atoms with Gasteiger partial charge in [0.05, 0.1) is 12.7 Å². The van der Waals surface area contributed by atoms with E-state index < -0.39 is 11.7 Å². The lowest BCUT2D eigenvalue weighted by Gasteiger charge is -2.36. The second-order valence-corrected chi connectivity index (χ2v) is 6.25. The summed E-state index contributed by atoms with van der Waals surface area (Å²) in [6.07, 6.45) is -0.0899. The fourth-order valence-electron chi connectivity index (χ4n) is 3.28. The predicted molar refractivity (Wildman–Crippen MR) is 104 cm³/mol. The molecular formula is C18H29Cl2F3N2O. The van der Waals surface area contributed by atoms with Crippen LogP contribution in [0.4, 0.5) is 13.2 Å². The Kier molecular flexibility index (Phi) is 11.6. The Morgan fingerprint density at radius 3 is 2.35 bits per heavy atom. The van der Waals surface area contributed by atoms with Gasteiger partial charge in [0.15, 0.2) is 0 Å². The highest BCUT2D eigenvalue weighted by atomic mass is 35.5. The van der Waals surface area contributed by atoms with Gasteiger partial charge < -0.3 is 10.1 Å². The summed E-state index contributed by atoms with van der Waals surface area (Å²) in [6, 6.07) is 4.01. The first-order valence-electron chi connectivity index (χ1n) is 8.67. The Morgan fingerprint density at radius 1 is 1.15 bits per heavy atom. The Hall–Kier alpha value is -0.690. The van der Waals surface area contributed by atoms with Gasteiger partial charge in [-0.05, 0) is 18.6 Å². The van der Waals surface area contributed by atoms with Gasteiger partial charge in [-0.1, -0.05) is 32.3 Å². The lowest BCUT2D eigenvalue weighted by atomic mass is 9.96. The zero-order valence-corrected chi connectivity index (χ0v) is 16.9. The van der Waals surface area contributed by atoms with Crippen molar-refractivity contribution in [2.45, 2.75) is 44.8 Å². The van der Waals surface area contributed by atoms with E-state index in [1.165, 1.54) is 13.2 Å². The molecule has 0 aromatic heterocycles. The molecule has 1 aromatic carbocycles. The van der Waals surface area contributed by atoms with Gasteiger partial charge >= 0.3 is 6.18 Å². The van der Waals surface area contributed by atoms with Gasteiger partial charge in [0, 0.05) is 37.8 Å². The van der Waals surface area contributed by atoms with Crippen LogP contribution >= 0.6 is 24.8 Å². The normalized spacial score (nSPS) is 16.3. The molecule has 1 aliphatic rings. The fourth-order valence-corrected chi connectivity index (χ4v) is 3.28. The summed E-state index contributed by atoms with van der Waals surface area (Å²) in [5.74, 6) is 0.338. The number of hydrogen-bond donors (Lipinski definition) is 1. The lowest BCUT2D eigenvalue weighted by Crippen LogP contribution is -2.45. The van der Waals surface area contributed by atoms with Crippen LogP contribution in [0.1, 0.15) is 49.8 Å². The highest BCUT2D eigenvalue weighted by molar-refractivity contribution is 5.85. The molecule has 0 radical (unpaired) electrons. The molecule has 0 bridgehead atoms. The van der Waals surface area contributed by atoms with Gasteiger partial charge in [0.25, 0.3) is 0 Å². The molecule has 8 heteroatoms. The average molecular weight is 417 g/mol. The smallest absolute Gasteiger partial charge is 0.416 e. The minimum absolute atomic E-state index is 0. The van der Waals surface area contributed by atoms with Crippen LogP contribution in [0.15, 0.2) is 18.2 Å². The number of methoxy groups -OCH3 is 1. The molecule has 0 amide bonds. The number of hydrogen-bond acceptors (Lipinski definition) is 3. The predicted octanol–water partition coefficient (Wildman–Crippen LogP) is 5.08. The highest BCUT2D eigenvalue weighted by Crippen LogP contribution is 2.38. The highest BCUT2D eigenvalue weighted by Gasteiger charge is 2.32. The number of halogens is 5. The maximum Gasteiger partial charge on any atom is 0.416 e. The molecule has 3 nitrogen and oxygen atoms in total. The quantitative estimate of drug-likeness (QED) is 0.626.